The van der Waals surface area contributed by atoms with Crippen LogP contribution in [0, 0.1) is 0 Å². The standard InChI is InChI=1S/C16H19N3O2/c1-20-15-8-11-12-10-18-6-4-13(12)19-14(11)9-16(15)21-7-3-2-5-17/h4,6,8-10,19H,2-3,5,7,17H2,1H3. The van der Waals surface area contributed by atoms with Crippen LogP contribution in [0.3, 0.4) is 0 Å². The van der Waals surface area contributed by atoms with Crippen molar-refractivity contribution in [3.8, 4) is 11.5 Å². The van der Waals surface area contributed by atoms with Crippen LogP contribution >= 0.6 is 0 Å². The number of H-pyrrole nitrogens is 1. The minimum absolute atomic E-state index is 0.640. The van der Waals surface area contributed by atoms with Crippen LogP contribution in [0.4, 0.5) is 0 Å². The molecule has 1 aromatic carbocycles. The molecule has 0 unspecified atom stereocenters. The van der Waals surface area contributed by atoms with Crippen LogP contribution in [0.2, 0.25) is 0 Å². The molecule has 3 aromatic rings. The van der Waals surface area contributed by atoms with E-state index < -0.39 is 0 Å². The molecule has 0 atom stereocenters. The van der Waals surface area contributed by atoms with Gasteiger partial charge in [-0.2, -0.15) is 0 Å². The number of methoxy groups -OCH3 is 1. The summed E-state index contributed by atoms with van der Waals surface area (Å²) >= 11 is 0. The molecule has 5 nitrogen and oxygen atoms in total. The minimum atomic E-state index is 0.640. The highest BCUT2D eigenvalue weighted by molar-refractivity contribution is 6.07. The Bertz CT molecular complexity index is 752. The molecular weight excluding hydrogens is 266 g/mol. The van der Waals surface area contributed by atoms with E-state index in [1.54, 1.807) is 13.3 Å². The third-order valence-electron chi connectivity index (χ3n) is 3.54. The zero-order valence-corrected chi connectivity index (χ0v) is 12.1. The number of hydrogen-bond acceptors (Lipinski definition) is 4. The normalized spacial score (nSPS) is 11.1. The predicted octanol–water partition coefficient (Wildman–Crippen LogP) is 2.84. The second-order valence-electron chi connectivity index (χ2n) is 4.94. The van der Waals surface area contributed by atoms with Crippen LogP contribution in [0.5, 0.6) is 11.5 Å². The molecule has 0 spiro atoms. The van der Waals surface area contributed by atoms with Crippen molar-refractivity contribution in [1.29, 1.82) is 0 Å². The zero-order chi connectivity index (χ0) is 14.7. The minimum Gasteiger partial charge on any atom is -0.493 e. The third-order valence-corrected chi connectivity index (χ3v) is 3.54. The van der Waals surface area contributed by atoms with Gasteiger partial charge in [-0.15, -0.1) is 0 Å². The van der Waals surface area contributed by atoms with Gasteiger partial charge in [0.25, 0.3) is 0 Å². The van der Waals surface area contributed by atoms with Crippen molar-refractivity contribution in [2.45, 2.75) is 12.8 Å². The molecule has 3 N–H and O–H groups in total. The number of nitrogens with one attached hydrogen (secondary N) is 1. The van der Waals surface area contributed by atoms with Gasteiger partial charge in [-0.05, 0) is 31.5 Å². The highest BCUT2D eigenvalue weighted by Gasteiger charge is 2.11. The Morgan fingerprint density at radius 2 is 2.05 bits per heavy atom. The molecule has 21 heavy (non-hydrogen) atoms. The summed E-state index contributed by atoms with van der Waals surface area (Å²) < 4.78 is 11.3. The fourth-order valence-corrected chi connectivity index (χ4v) is 2.45. The molecule has 0 saturated carbocycles. The SMILES string of the molecule is COc1cc2c(cc1OCCCCN)[nH]c1ccncc12. The van der Waals surface area contributed by atoms with Crippen molar-refractivity contribution in [3.05, 3.63) is 30.6 Å². The van der Waals surface area contributed by atoms with Crippen molar-refractivity contribution >= 4 is 21.8 Å². The number of ether oxygens (including phenoxy) is 2. The Kier molecular flexibility index (Phi) is 3.92. The molecule has 0 radical (unpaired) electrons. The summed E-state index contributed by atoms with van der Waals surface area (Å²) in [5.74, 6) is 1.49. The number of fused-ring (bicyclic) bond motifs is 3. The van der Waals surface area contributed by atoms with Crippen LogP contribution < -0.4 is 15.2 Å². The smallest absolute Gasteiger partial charge is 0.163 e. The number of unbranched alkanes of at least 4 members (excludes halogenated alkanes) is 1. The Morgan fingerprint density at radius 3 is 2.86 bits per heavy atom. The van der Waals surface area contributed by atoms with Crippen molar-refractivity contribution in [2.24, 2.45) is 5.73 Å². The van der Waals surface area contributed by atoms with E-state index in [2.05, 4.69) is 9.97 Å². The molecule has 0 aliphatic heterocycles. The number of aromatic nitrogens is 2. The molecule has 0 aliphatic carbocycles. The third kappa shape index (κ3) is 2.64. The zero-order valence-electron chi connectivity index (χ0n) is 12.1. The highest BCUT2D eigenvalue weighted by Crippen LogP contribution is 2.35. The second kappa shape index (κ2) is 6.01. The lowest BCUT2D eigenvalue weighted by molar-refractivity contribution is 0.287. The molecule has 5 heteroatoms. The summed E-state index contributed by atoms with van der Waals surface area (Å²) in [5, 5.41) is 2.17. The average Bonchev–Trinajstić information content (AvgIpc) is 2.88. The van der Waals surface area contributed by atoms with Gasteiger partial charge < -0.3 is 20.2 Å². The van der Waals surface area contributed by atoms with E-state index in [-0.39, 0.29) is 0 Å². The number of hydrogen-bond donors (Lipinski definition) is 2. The summed E-state index contributed by atoms with van der Waals surface area (Å²) in [6.45, 7) is 1.33. The number of benzene rings is 1. The van der Waals surface area contributed by atoms with Crippen LogP contribution in [-0.2, 0) is 0 Å². The fraction of sp³-hybridized carbons (Fsp3) is 0.312. The van der Waals surface area contributed by atoms with Crippen molar-refractivity contribution < 1.29 is 9.47 Å². The largest absolute Gasteiger partial charge is 0.493 e. The molecule has 3 rings (SSSR count). The van der Waals surface area contributed by atoms with Gasteiger partial charge in [0.2, 0.25) is 0 Å². The average molecular weight is 285 g/mol. The maximum absolute atomic E-state index is 5.82. The number of nitrogens with two attached hydrogens (primary N) is 1. The first-order valence-electron chi connectivity index (χ1n) is 7.10. The summed E-state index contributed by atoms with van der Waals surface area (Å²) in [4.78, 5) is 7.56. The molecule has 0 fully saturated rings. The Hall–Kier alpha value is -2.27. The Morgan fingerprint density at radius 1 is 1.14 bits per heavy atom. The molecule has 0 saturated heterocycles. The van der Waals surface area contributed by atoms with E-state index in [4.69, 9.17) is 15.2 Å². The van der Waals surface area contributed by atoms with Crippen LogP contribution in [0.25, 0.3) is 21.8 Å². The first kappa shape index (κ1) is 13.7. The Balaban J connectivity index is 1.98. The second-order valence-corrected chi connectivity index (χ2v) is 4.94. The van der Waals surface area contributed by atoms with Gasteiger partial charge in [0.05, 0.1) is 19.2 Å². The molecule has 0 amide bonds. The topological polar surface area (TPSA) is 73.2 Å². The fourth-order valence-electron chi connectivity index (χ4n) is 2.45. The number of aromatic amines is 1. The van der Waals surface area contributed by atoms with E-state index >= 15 is 0 Å². The van der Waals surface area contributed by atoms with E-state index in [9.17, 15) is 0 Å². The molecule has 2 aromatic heterocycles. The van der Waals surface area contributed by atoms with E-state index in [0.29, 0.717) is 13.2 Å². The van der Waals surface area contributed by atoms with Crippen LogP contribution in [0.15, 0.2) is 30.6 Å². The number of rotatable bonds is 6. The highest BCUT2D eigenvalue weighted by atomic mass is 16.5. The van der Waals surface area contributed by atoms with E-state index in [1.807, 2.05) is 24.4 Å². The summed E-state index contributed by atoms with van der Waals surface area (Å²) in [6.07, 6.45) is 5.53. The Labute approximate surface area is 123 Å². The van der Waals surface area contributed by atoms with Gasteiger partial charge in [-0.3, -0.25) is 4.98 Å². The molecular formula is C16H19N3O2. The molecule has 0 aliphatic rings. The van der Waals surface area contributed by atoms with Gasteiger partial charge >= 0.3 is 0 Å². The van der Waals surface area contributed by atoms with Gasteiger partial charge in [0.1, 0.15) is 0 Å². The number of nitrogens with zero attached hydrogens (tertiary/aromatic N) is 1. The lowest BCUT2D eigenvalue weighted by atomic mass is 10.2. The maximum atomic E-state index is 5.82. The first-order valence-corrected chi connectivity index (χ1v) is 7.10. The van der Waals surface area contributed by atoms with Gasteiger partial charge in [-0.25, -0.2) is 0 Å². The lowest BCUT2D eigenvalue weighted by Crippen LogP contribution is -2.04. The van der Waals surface area contributed by atoms with Gasteiger partial charge in [-0.1, -0.05) is 0 Å². The van der Waals surface area contributed by atoms with Crippen molar-refractivity contribution in [3.63, 3.8) is 0 Å². The molecule has 0 bridgehead atoms. The van der Waals surface area contributed by atoms with Crippen LogP contribution in [0.1, 0.15) is 12.8 Å². The predicted molar refractivity (Wildman–Crippen MR) is 83.9 cm³/mol. The first-order chi connectivity index (χ1) is 10.3. The van der Waals surface area contributed by atoms with E-state index in [0.717, 1.165) is 46.1 Å². The summed E-state index contributed by atoms with van der Waals surface area (Å²) in [7, 11) is 1.65. The van der Waals surface area contributed by atoms with Gasteiger partial charge in [0.15, 0.2) is 11.5 Å². The molecule has 110 valence electrons. The maximum Gasteiger partial charge on any atom is 0.163 e. The monoisotopic (exact) mass is 285 g/mol. The van der Waals surface area contributed by atoms with Gasteiger partial charge in [0, 0.05) is 34.7 Å². The lowest BCUT2D eigenvalue weighted by Gasteiger charge is -2.10. The summed E-state index contributed by atoms with van der Waals surface area (Å²) in [5.41, 5.74) is 7.57. The summed E-state index contributed by atoms with van der Waals surface area (Å²) in [6, 6.07) is 5.94. The number of pyridine rings is 1. The quantitative estimate of drug-likeness (QED) is 0.683. The molecule has 2 heterocycles. The van der Waals surface area contributed by atoms with Crippen LogP contribution in [-0.4, -0.2) is 30.2 Å². The van der Waals surface area contributed by atoms with Crippen molar-refractivity contribution in [1.82, 2.24) is 9.97 Å². The van der Waals surface area contributed by atoms with Crippen molar-refractivity contribution in [2.75, 3.05) is 20.3 Å². The van der Waals surface area contributed by atoms with E-state index in [1.165, 1.54) is 0 Å².